The van der Waals surface area contributed by atoms with Gasteiger partial charge in [0.25, 0.3) is 0 Å². The number of pyridine rings is 1. The minimum absolute atomic E-state index is 0. The van der Waals surface area contributed by atoms with Crippen LogP contribution in [0.2, 0.25) is 0 Å². The molecule has 1 aromatic heterocycles. The zero-order valence-electron chi connectivity index (χ0n) is 17.4. The van der Waals surface area contributed by atoms with Crippen molar-refractivity contribution in [1.82, 2.24) is 20.5 Å². The maximum atomic E-state index is 5.74. The Balaban J connectivity index is 0.00000364. The van der Waals surface area contributed by atoms with Crippen molar-refractivity contribution < 1.29 is 4.74 Å². The smallest absolute Gasteiger partial charge is 0.218 e. The Kier molecular flexibility index (Phi) is 11.0. The van der Waals surface area contributed by atoms with Crippen molar-refractivity contribution in [3.63, 3.8) is 0 Å². The Morgan fingerprint density at radius 1 is 1.37 bits per heavy atom. The highest BCUT2D eigenvalue weighted by Crippen LogP contribution is 2.19. The van der Waals surface area contributed by atoms with Crippen LogP contribution in [-0.2, 0) is 6.54 Å². The quantitative estimate of drug-likeness (QED) is 0.334. The largest absolute Gasteiger partial charge is 0.477 e. The minimum atomic E-state index is 0. The molecule has 0 amide bonds. The van der Waals surface area contributed by atoms with E-state index in [1.807, 2.05) is 12.1 Å². The van der Waals surface area contributed by atoms with Gasteiger partial charge in [-0.05, 0) is 39.2 Å². The standard InChI is InChI=1S/C20H35N5O.HI/c1-6-11-26-19-17(9-8-10-22-19)12-23-20(21-7-2)24-18-14-25(15(3)4)13-16(18)5;/h8-10,15-16,18H,6-7,11-14H2,1-5H3,(H2,21,23,24);1H. The van der Waals surface area contributed by atoms with Crippen LogP contribution in [0.4, 0.5) is 0 Å². The summed E-state index contributed by atoms with van der Waals surface area (Å²) in [7, 11) is 0. The highest BCUT2D eigenvalue weighted by atomic mass is 127. The summed E-state index contributed by atoms with van der Waals surface area (Å²) in [6.45, 7) is 15.3. The van der Waals surface area contributed by atoms with Crippen molar-refractivity contribution in [2.75, 3.05) is 26.2 Å². The number of aliphatic imine (C=N–C) groups is 1. The molecule has 0 spiro atoms. The van der Waals surface area contributed by atoms with Gasteiger partial charge in [-0.3, -0.25) is 4.90 Å². The molecule has 2 unspecified atom stereocenters. The molecule has 1 aliphatic rings. The topological polar surface area (TPSA) is 61.8 Å². The Morgan fingerprint density at radius 3 is 2.78 bits per heavy atom. The van der Waals surface area contributed by atoms with Gasteiger partial charge in [0.05, 0.1) is 13.2 Å². The van der Waals surface area contributed by atoms with Crippen LogP contribution in [0, 0.1) is 5.92 Å². The van der Waals surface area contributed by atoms with E-state index in [2.05, 4.69) is 55.1 Å². The van der Waals surface area contributed by atoms with Crippen LogP contribution in [0.15, 0.2) is 23.3 Å². The molecule has 6 nitrogen and oxygen atoms in total. The first-order valence-corrected chi connectivity index (χ1v) is 9.90. The third-order valence-electron chi connectivity index (χ3n) is 4.74. The third-order valence-corrected chi connectivity index (χ3v) is 4.74. The van der Waals surface area contributed by atoms with E-state index in [0.29, 0.717) is 37.0 Å². The van der Waals surface area contributed by atoms with Crippen LogP contribution in [0.5, 0.6) is 5.88 Å². The Bertz CT molecular complexity index is 581. The van der Waals surface area contributed by atoms with Crippen molar-refractivity contribution in [3.8, 4) is 5.88 Å². The zero-order valence-corrected chi connectivity index (χ0v) is 19.7. The molecule has 27 heavy (non-hydrogen) atoms. The normalized spacial score (nSPS) is 20.4. The summed E-state index contributed by atoms with van der Waals surface area (Å²) < 4.78 is 5.74. The Labute approximate surface area is 181 Å². The molecule has 0 bridgehead atoms. The van der Waals surface area contributed by atoms with E-state index in [9.17, 15) is 0 Å². The highest BCUT2D eigenvalue weighted by molar-refractivity contribution is 14.0. The number of likely N-dealkylation sites (tertiary alicyclic amines) is 1. The summed E-state index contributed by atoms with van der Waals surface area (Å²) in [5, 5.41) is 6.99. The molecule has 2 atom stereocenters. The fourth-order valence-corrected chi connectivity index (χ4v) is 3.15. The van der Waals surface area contributed by atoms with E-state index in [1.54, 1.807) is 6.20 Å². The molecule has 1 saturated heterocycles. The van der Waals surface area contributed by atoms with E-state index < -0.39 is 0 Å². The highest BCUT2D eigenvalue weighted by Gasteiger charge is 2.31. The molecule has 1 fully saturated rings. The number of guanidine groups is 1. The molecule has 0 aromatic carbocycles. The zero-order chi connectivity index (χ0) is 18.9. The van der Waals surface area contributed by atoms with Gasteiger partial charge in [0, 0.05) is 43.5 Å². The molecule has 2 heterocycles. The lowest BCUT2D eigenvalue weighted by molar-refractivity contribution is 0.265. The summed E-state index contributed by atoms with van der Waals surface area (Å²) in [4.78, 5) is 11.6. The predicted molar refractivity (Wildman–Crippen MR) is 123 cm³/mol. The lowest BCUT2D eigenvalue weighted by atomic mass is 10.1. The summed E-state index contributed by atoms with van der Waals surface area (Å²) in [5.74, 6) is 2.15. The first-order chi connectivity index (χ1) is 12.5. The first kappa shape index (κ1) is 23.9. The molecule has 0 aliphatic carbocycles. The average Bonchev–Trinajstić information content (AvgIpc) is 2.99. The summed E-state index contributed by atoms with van der Waals surface area (Å²) >= 11 is 0. The molecule has 0 saturated carbocycles. The maximum Gasteiger partial charge on any atom is 0.218 e. The number of halogens is 1. The summed E-state index contributed by atoms with van der Waals surface area (Å²) in [5.41, 5.74) is 1.02. The molecule has 2 N–H and O–H groups in total. The average molecular weight is 489 g/mol. The monoisotopic (exact) mass is 489 g/mol. The molecule has 1 aromatic rings. The molecular weight excluding hydrogens is 453 g/mol. The molecule has 2 rings (SSSR count). The van der Waals surface area contributed by atoms with Gasteiger partial charge in [-0.2, -0.15) is 0 Å². The predicted octanol–water partition coefficient (Wildman–Crippen LogP) is 3.27. The van der Waals surface area contributed by atoms with Crippen LogP contribution in [0.1, 0.15) is 46.6 Å². The lowest BCUT2D eigenvalue weighted by Gasteiger charge is -2.22. The van der Waals surface area contributed by atoms with Gasteiger partial charge in [0.15, 0.2) is 5.96 Å². The van der Waals surface area contributed by atoms with E-state index in [-0.39, 0.29) is 24.0 Å². The number of nitrogens with zero attached hydrogens (tertiary/aromatic N) is 3. The summed E-state index contributed by atoms with van der Waals surface area (Å²) in [6, 6.07) is 4.96. The number of nitrogens with one attached hydrogen (secondary N) is 2. The lowest BCUT2D eigenvalue weighted by Crippen LogP contribution is -2.46. The molecule has 154 valence electrons. The number of ether oxygens (including phenoxy) is 1. The van der Waals surface area contributed by atoms with Gasteiger partial charge >= 0.3 is 0 Å². The third kappa shape index (κ3) is 7.44. The van der Waals surface area contributed by atoms with Gasteiger partial charge < -0.3 is 15.4 Å². The van der Waals surface area contributed by atoms with E-state index in [4.69, 9.17) is 9.73 Å². The number of hydrogen-bond acceptors (Lipinski definition) is 4. The van der Waals surface area contributed by atoms with Crippen LogP contribution in [-0.4, -0.2) is 54.2 Å². The van der Waals surface area contributed by atoms with Crippen molar-refractivity contribution in [2.45, 2.75) is 59.7 Å². The van der Waals surface area contributed by atoms with Gasteiger partial charge in [-0.15, -0.1) is 24.0 Å². The van der Waals surface area contributed by atoms with Crippen molar-refractivity contribution in [2.24, 2.45) is 10.9 Å². The Hall–Kier alpha value is -1.09. The van der Waals surface area contributed by atoms with Gasteiger partial charge in [0.1, 0.15) is 0 Å². The molecular formula is C20H36IN5O. The minimum Gasteiger partial charge on any atom is -0.477 e. The molecule has 0 radical (unpaired) electrons. The Morgan fingerprint density at radius 2 is 2.15 bits per heavy atom. The second-order valence-corrected chi connectivity index (χ2v) is 7.29. The van der Waals surface area contributed by atoms with Gasteiger partial charge in [-0.25, -0.2) is 9.98 Å². The number of rotatable bonds is 8. The van der Waals surface area contributed by atoms with Crippen molar-refractivity contribution in [1.29, 1.82) is 0 Å². The van der Waals surface area contributed by atoms with Crippen molar-refractivity contribution in [3.05, 3.63) is 23.9 Å². The van der Waals surface area contributed by atoms with Crippen LogP contribution < -0.4 is 15.4 Å². The van der Waals surface area contributed by atoms with Crippen LogP contribution >= 0.6 is 24.0 Å². The first-order valence-electron chi connectivity index (χ1n) is 9.90. The number of aromatic nitrogens is 1. The van der Waals surface area contributed by atoms with Gasteiger partial charge in [-0.1, -0.05) is 19.9 Å². The van der Waals surface area contributed by atoms with Gasteiger partial charge in [0.2, 0.25) is 5.88 Å². The fraction of sp³-hybridized carbons (Fsp3) is 0.700. The molecule has 1 aliphatic heterocycles. The molecule has 7 heteroatoms. The second-order valence-electron chi connectivity index (χ2n) is 7.29. The van der Waals surface area contributed by atoms with E-state index in [1.165, 1.54) is 0 Å². The second kappa shape index (κ2) is 12.4. The van der Waals surface area contributed by atoms with E-state index >= 15 is 0 Å². The fourth-order valence-electron chi connectivity index (χ4n) is 3.15. The maximum absolute atomic E-state index is 5.74. The van der Waals surface area contributed by atoms with Crippen LogP contribution in [0.25, 0.3) is 0 Å². The summed E-state index contributed by atoms with van der Waals surface area (Å²) in [6.07, 6.45) is 2.73. The SMILES string of the molecule is CCCOc1ncccc1CN=C(NCC)NC1CN(C(C)C)CC1C.I. The van der Waals surface area contributed by atoms with E-state index in [0.717, 1.165) is 37.6 Å². The van der Waals surface area contributed by atoms with Crippen LogP contribution in [0.3, 0.4) is 0 Å². The van der Waals surface area contributed by atoms with Crippen molar-refractivity contribution >= 4 is 29.9 Å². The number of hydrogen-bond donors (Lipinski definition) is 2.